The number of aryl methyl sites for hydroxylation is 1. The number of halogens is 1. The van der Waals surface area contributed by atoms with E-state index in [2.05, 4.69) is 60.9 Å². The second-order valence-electron chi connectivity index (χ2n) is 8.09. The predicted octanol–water partition coefficient (Wildman–Crippen LogP) is 5.59. The molecule has 4 rings (SSSR count). The van der Waals surface area contributed by atoms with Crippen LogP contribution in [0.1, 0.15) is 61.3 Å². The summed E-state index contributed by atoms with van der Waals surface area (Å²) >= 11 is 0. The fraction of sp³-hybridized carbons (Fsp3) is 0.480. The van der Waals surface area contributed by atoms with Crippen molar-refractivity contribution in [3.8, 4) is 5.75 Å². The molecule has 0 spiro atoms. The number of benzene rings is 2. The first kappa shape index (κ1) is 24.2. The molecular weight excluding hydrogens is 398 g/mol. The second-order valence-corrected chi connectivity index (χ2v) is 8.09. The van der Waals surface area contributed by atoms with Crippen molar-refractivity contribution in [2.45, 2.75) is 63.5 Å². The van der Waals surface area contributed by atoms with Gasteiger partial charge in [0.05, 0.1) is 6.10 Å². The van der Waals surface area contributed by atoms with E-state index in [9.17, 15) is 0 Å². The SMILES string of the molecule is CNC(c1ccccc1)C1CCc2cc(OC3CCCCC3)ccc2C1.Cl.O=CO. The number of hydrogen-bond acceptors (Lipinski definition) is 3. The first-order valence-electron chi connectivity index (χ1n) is 10.8. The van der Waals surface area contributed by atoms with Crippen LogP contribution in [0.3, 0.4) is 0 Å². The molecule has 2 aliphatic carbocycles. The van der Waals surface area contributed by atoms with Crippen LogP contribution in [-0.4, -0.2) is 24.7 Å². The number of fused-ring (bicyclic) bond motifs is 1. The van der Waals surface area contributed by atoms with Crippen molar-refractivity contribution in [2.75, 3.05) is 7.05 Å². The zero-order chi connectivity index (χ0) is 20.5. The lowest BCUT2D eigenvalue weighted by atomic mass is 9.78. The molecule has 0 bridgehead atoms. The summed E-state index contributed by atoms with van der Waals surface area (Å²) in [7, 11) is 2.09. The third kappa shape index (κ3) is 6.48. The Bertz CT molecular complexity index is 762. The first-order chi connectivity index (χ1) is 14.2. The summed E-state index contributed by atoms with van der Waals surface area (Å²) < 4.78 is 6.27. The Morgan fingerprint density at radius 2 is 1.73 bits per heavy atom. The molecule has 164 valence electrons. The number of nitrogens with one attached hydrogen (secondary N) is 1. The summed E-state index contributed by atoms with van der Waals surface area (Å²) in [6, 6.07) is 18.1. The monoisotopic (exact) mass is 431 g/mol. The molecule has 2 aromatic rings. The largest absolute Gasteiger partial charge is 0.490 e. The number of carboxylic acid groups (broad SMARTS) is 1. The van der Waals surface area contributed by atoms with Crippen LogP contribution in [0.2, 0.25) is 0 Å². The van der Waals surface area contributed by atoms with Crippen LogP contribution in [0.15, 0.2) is 48.5 Å². The van der Waals surface area contributed by atoms with E-state index in [0.29, 0.717) is 18.1 Å². The molecule has 0 aromatic heterocycles. The Morgan fingerprint density at radius 1 is 1.03 bits per heavy atom. The maximum absolute atomic E-state index is 8.36. The van der Waals surface area contributed by atoms with Gasteiger partial charge in [-0.25, -0.2) is 0 Å². The quantitative estimate of drug-likeness (QED) is 0.606. The van der Waals surface area contributed by atoms with Gasteiger partial charge in [0, 0.05) is 6.04 Å². The molecule has 4 nitrogen and oxygen atoms in total. The third-order valence-corrected chi connectivity index (χ3v) is 6.24. The summed E-state index contributed by atoms with van der Waals surface area (Å²) in [6.07, 6.45) is 10.4. The zero-order valence-electron chi connectivity index (χ0n) is 17.8. The lowest BCUT2D eigenvalue weighted by molar-refractivity contribution is -0.122. The van der Waals surface area contributed by atoms with Crippen molar-refractivity contribution >= 4 is 18.9 Å². The van der Waals surface area contributed by atoms with Crippen molar-refractivity contribution < 1.29 is 14.6 Å². The van der Waals surface area contributed by atoms with Crippen LogP contribution in [0.5, 0.6) is 5.75 Å². The van der Waals surface area contributed by atoms with Gasteiger partial charge in [-0.3, -0.25) is 4.79 Å². The summed E-state index contributed by atoms with van der Waals surface area (Å²) in [5.74, 6) is 1.74. The van der Waals surface area contributed by atoms with E-state index in [1.54, 1.807) is 0 Å². The standard InChI is InChI=1S/C24H31NO.CH2O2.ClH/c1-25-24(18-8-4-2-5-9-18)21-13-12-20-17-23(15-14-19(20)16-21)26-22-10-6-3-7-11-22;2-1-3;/h2,4-5,8-9,14-15,17,21-22,24-25H,3,6-7,10-13,16H2,1H3;1H,(H,2,3);1H. The Kier molecular flexibility index (Phi) is 10.2. The summed E-state index contributed by atoms with van der Waals surface area (Å²) in [5, 5.41) is 10.4. The second kappa shape index (κ2) is 12.6. The van der Waals surface area contributed by atoms with Gasteiger partial charge in [0.25, 0.3) is 6.47 Å². The molecule has 2 aliphatic rings. The fourth-order valence-electron chi connectivity index (χ4n) is 4.83. The highest BCUT2D eigenvalue weighted by Crippen LogP contribution is 2.36. The highest BCUT2D eigenvalue weighted by atomic mass is 35.5. The highest BCUT2D eigenvalue weighted by Gasteiger charge is 2.27. The van der Waals surface area contributed by atoms with Crippen LogP contribution in [0.25, 0.3) is 0 Å². The van der Waals surface area contributed by atoms with Crippen molar-refractivity contribution in [1.29, 1.82) is 0 Å². The van der Waals surface area contributed by atoms with E-state index in [-0.39, 0.29) is 18.9 Å². The van der Waals surface area contributed by atoms with E-state index in [1.807, 2.05) is 0 Å². The fourth-order valence-corrected chi connectivity index (χ4v) is 4.83. The summed E-state index contributed by atoms with van der Waals surface area (Å²) in [4.78, 5) is 8.36. The van der Waals surface area contributed by atoms with Crippen molar-refractivity contribution in [3.63, 3.8) is 0 Å². The maximum atomic E-state index is 8.36. The van der Waals surface area contributed by atoms with Gasteiger partial charge >= 0.3 is 0 Å². The minimum atomic E-state index is -0.250. The van der Waals surface area contributed by atoms with Crippen molar-refractivity contribution in [3.05, 3.63) is 65.2 Å². The summed E-state index contributed by atoms with van der Waals surface area (Å²) in [6.45, 7) is -0.250. The molecule has 2 aromatic carbocycles. The van der Waals surface area contributed by atoms with E-state index < -0.39 is 0 Å². The topological polar surface area (TPSA) is 58.6 Å². The molecule has 2 unspecified atom stereocenters. The van der Waals surface area contributed by atoms with Gasteiger partial charge in [-0.2, -0.15) is 0 Å². The third-order valence-electron chi connectivity index (χ3n) is 6.24. The number of rotatable bonds is 5. The van der Waals surface area contributed by atoms with E-state index in [1.165, 1.54) is 55.2 Å². The molecular formula is C25H34ClNO3. The van der Waals surface area contributed by atoms with Crippen LogP contribution >= 0.6 is 12.4 Å². The molecule has 0 aliphatic heterocycles. The summed E-state index contributed by atoms with van der Waals surface area (Å²) in [5.41, 5.74) is 4.41. The van der Waals surface area contributed by atoms with Gasteiger partial charge in [-0.15, -0.1) is 12.4 Å². The smallest absolute Gasteiger partial charge is 0.290 e. The Labute approximate surface area is 186 Å². The highest BCUT2D eigenvalue weighted by molar-refractivity contribution is 5.85. The minimum Gasteiger partial charge on any atom is -0.490 e. The molecule has 0 amide bonds. The average Bonchev–Trinajstić information content (AvgIpc) is 2.76. The average molecular weight is 432 g/mol. The Morgan fingerprint density at radius 3 is 2.40 bits per heavy atom. The zero-order valence-corrected chi connectivity index (χ0v) is 18.6. The Hall–Kier alpha value is -2.04. The van der Waals surface area contributed by atoms with Gasteiger partial charge in [-0.1, -0.05) is 42.8 Å². The van der Waals surface area contributed by atoms with Gasteiger partial charge in [0.15, 0.2) is 0 Å². The first-order valence-corrected chi connectivity index (χ1v) is 10.8. The van der Waals surface area contributed by atoms with Gasteiger partial charge < -0.3 is 15.2 Å². The normalized spacial score (nSPS) is 19.3. The number of ether oxygens (including phenoxy) is 1. The molecule has 5 heteroatoms. The molecule has 0 radical (unpaired) electrons. The van der Waals surface area contributed by atoms with Gasteiger partial charge in [0.2, 0.25) is 0 Å². The van der Waals surface area contributed by atoms with Gasteiger partial charge in [-0.05, 0) is 86.7 Å². The van der Waals surface area contributed by atoms with E-state index in [0.717, 1.165) is 18.6 Å². The van der Waals surface area contributed by atoms with Gasteiger partial charge in [0.1, 0.15) is 5.75 Å². The van der Waals surface area contributed by atoms with Crippen LogP contribution in [-0.2, 0) is 17.6 Å². The molecule has 1 saturated carbocycles. The van der Waals surface area contributed by atoms with E-state index in [4.69, 9.17) is 14.6 Å². The minimum absolute atomic E-state index is 0. The molecule has 2 N–H and O–H groups in total. The molecule has 0 heterocycles. The van der Waals surface area contributed by atoms with Crippen LogP contribution in [0, 0.1) is 5.92 Å². The number of carbonyl (C=O) groups is 1. The lowest BCUT2D eigenvalue weighted by Gasteiger charge is -2.32. The lowest BCUT2D eigenvalue weighted by Crippen LogP contribution is -2.29. The predicted molar refractivity (Wildman–Crippen MR) is 124 cm³/mol. The molecule has 1 fully saturated rings. The Balaban J connectivity index is 0.000000757. The van der Waals surface area contributed by atoms with Crippen molar-refractivity contribution in [1.82, 2.24) is 5.32 Å². The van der Waals surface area contributed by atoms with Crippen LogP contribution < -0.4 is 10.1 Å². The van der Waals surface area contributed by atoms with Crippen LogP contribution in [0.4, 0.5) is 0 Å². The van der Waals surface area contributed by atoms with E-state index >= 15 is 0 Å². The molecule has 30 heavy (non-hydrogen) atoms. The molecule has 0 saturated heterocycles. The van der Waals surface area contributed by atoms with Crippen molar-refractivity contribution in [2.24, 2.45) is 5.92 Å². The maximum Gasteiger partial charge on any atom is 0.290 e. The number of hydrogen-bond donors (Lipinski definition) is 2. The molecule has 2 atom stereocenters.